The van der Waals surface area contributed by atoms with E-state index in [4.69, 9.17) is 15.2 Å². The fourth-order valence-corrected chi connectivity index (χ4v) is 1.83. The van der Waals surface area contributed by atoms with Crippen molar-refractivity contribution in [1.82, 2.24) is 0 Å². The van der Waals surface area contributed by atoms with Crippen molar-refractivity contribution in [2.45, 2.75) is 6.42 Å². The minimum Gasteiger partial charge on any atom is -0.397 e. The van der Waals surface area contributed by atoms with Gasteiger partial charge in [-0.2, -0.15) is 0 Å². The quantitative estimate of drug-likeness (QED) is 0.772. The lowest BCUT2D eigenvalue weighted by atomic mass is 10.1. The fourth-order valence-electron chi connectivity index (χ4n) is 1.83. The Bertz CT molecular complexity index is 403. The Morgan fingerprint density at radius 1 is 1.50 bits per heavy atom. The van der Waals surface area contributed by atoms with Crippen LogP contribution in [0.5, 0.6) is 0 Å². The van der Waals surface area contributed by atoms with E-state index in [-0.39, 0.29) is 12.5 Å². The highest BCUT2D eigenvalue weighted by atomic mass is 16.5. The summed E-state index contributed by atoms with van der Waals surface area (Å²) in [6.07, 6.45) is 1.01. The first-order valence-corrected chi connectivity index (χ1v) is 6.05. The second-order valence-electron chi connectivity index (χ2n) is 4.38. The number of nitrogens with one attached hydrogen (secondary N) is 1. The van der Waals surface area contributed by atoms with Gasteiger partial charge >= 0.3 is 0 Å². The normalized spacial score (nSPS) is 18.8. The number of nitrogen functional groups attached to an aromatic ring is 1. The summed E-state index contributed by atoms with van der Waals surface area (Å²) in [6.45, 7) is 2.14. The van der Waals surface area contributed by atoms with Gasteiger partial charge in [0, 0.05) is 12.5 Å². The van der Waals surface area contributed by atoms with Crippen LogP contribution in [0.1, 0.15) is 6.42 Å². The van der Waals surface area contributed by atoms with Crippen LogP contribution in [-0.4, -0.2) is 32.3 Å². The summed E-state index contributed by atoms with van der Waals surface area (Å²) in [5.41, 5.74) is 6.90. The van der Waals surface area contributed by atoms with E-state index in [1.807, 2.05) is 12.1 Å². The van der Waals surface area contributed by atoms with E-state index in [1.54, 1.807) is 12.1 Å². The molecule has 0 spiro atoms. The summed E-state index contributed by atoms with van der Waals surface area (Å²) >= 11 is 0. The molecule has 0 bridgehead atoms. The second kappa shape index (κ2) is 6.37. The lowest BCUT2D eigenvalue weighted by Crippen LogP contribution is -2.21. The average molecular weight is 250 g/mol. The van der Waals surface area contributed by atoms with Gasteiger partial charge in [0.05, 0.1) is 24.6 Å². The molecule has 1 heterocycles. The van der Waals surface area contributed by atoms with Crippen LogP contribution in [0.4, 0.5) is 11.4 Å². The first-order chi connectivity index (χ1) is 8.75. The number of para-hydroxylation sites is 2. The summed E-state index contributed by atoms with van der Waals surface area (Å²) in [5.74, 6) is 0.228. The Balaban J connectivity index is 1.70. The molecule has 1 fully saturated rings. The highest BCUT2D eigenvalue weighted by molar-refractivity contribution is 5.94. The molecule has 0 aromatic heterocycles. The Hall–Kier alpha value is -1.59. The maximum Gasteiger partial charge on any atom is 0.250 e. The molecule has 1 unspecified atom stereocenters. The molecule has 2 rings (SSSR count). The Morgan fingerprint density at radius 2 is 2.33 bits per heavy atom. The van der Waals surface area contributed by atoms with Crippen molar-refractivity contribution >= 4 is 17.3 Å². The monoisotopic (exact) mass is 250 g/mol. The minimum atomic E-state index is -0.188. The number of rotatable bonds is 5. The number of anilines is 2. The summed E-state index contributed by atoms with van der Waals surface area (Å²) in [4.78, 5) is 11.6. The highest BCUT2D eigenvalue weighted by Crippen LogP contribution is 2.16. The molecule has 1 aromatic rings. The number of hydrogen-bond acceptors (Lipinski definition) is 4. The van der Waals surface area contributed by atoms with Gasteiger partial charge in [-0.1, -0.05) is 12.1 Å². The van der Waals surface area contributed by atoms with Crippen LogP contribution in [0.2, 0.25) is 0 Å². The first kappa shape index (κ1) is 12.9. The molecular formula is C13H18N2O3. The van der Waals surface area contributed by atoms with Gasteiger partial charge in [0.2, 0.25) is 5.91 Å². The van der Waals surface area contributed by atoms with E-state index < -0.39 is 0 Å². The van der Waals surface area contributed by atoms with Gasteiger partial charge in [0.15, 0.2) is 0 Å². The molecule has 18 heavy (non-hydrogen) atoms. The van der Waals surface area contributed by atoms with E-state index in [2.05, 4.69) is 5.32 Å². The molecule has 1 amide bonds. The molecular weight excluding hydrogens is 232 g/mol. The molecule has 1 aromatic carbocycles. The number of carbonyl (C=O) groups is 1. The zero-order valence-electron chi connectivity index (χ0n) is 10.2. The van der Waals surface area contributed by atoms with Crippen molar-refractivity contribution in [3.63, 3.8) is 0 Å². The number of hydrogen-bond donors (Lipinski definition) is 2. The van der Waals surface area contributed by atoms with Crippen LogP contribution in [0.3, 0.4) is 0 Å². The molecule has 1 atom stereocenters. The summed E-state index contributed by atoms with van der Waals surface area (Å²) < 4.78 is 10.6. The van der Waals surface area contributed by atoms with Crippen molar-refractivity contribution in [3.05, 3.63) is 24.3 Å². The summed E-state index contributed by atoms with van der Waals surface area (Å²) in [7, 11) is 0. The molecule has 98 valence electrons. The topological polar surface area (TPSA) is 73.6 Å². The predicted octanol–water partition coefficient (Wildman–Crippen LogP) is 1.26. The van der Waals surface area contributed by atoms with Gasteiger partial charge in [-0.25, -0.2) is 0 Å². The molecule has 3 N–H and O–H groups in total. The molecule has 0 aliphatic carbocycles. The third kappa shape index (κ3) is 3.72. The number of nitrogens with two attached hydrogens (primary N) is 1. The van der Waals surface area contributed by atoms with Crippen molar-refractivity contribution in [1.29, 1.82) is 0 Å². The molecule has 1 saturated heterocycles. The summed E-state index contributed by atoms with van der Waals surface area (Å²) in [6, 6.07) is 7.15. The van der Waals surface area contributed by atoms with Crippen LogP contribution in [0.15, 0.2) is 24.3 Å². The van der Waals surface area contributed by atoms with E-state index in [9.17, 15) is 4.79 Å². The molecule has 5 heteroatoms. The molecule has 1 aliphatic rings. The highest BCUT2D eigenvalue weighted by Gasteiger charge is 2.16. The number of benzene rings is 1. The summed E-state index contributed by atoms with van der Waals surface area (Å²) in [5, 5.41) is 2.72. The standard InChI is InChI=1S/C13H18N2O3/c14-11-3-1-2-4-12(11)15-13(16)9-18-8-10-5-6-17-7-10/h1-4,10H,5-9,14H2,(H,15,16). The van der Waals surface area contributed by atoms with Crippen molar-refractivity contribution in [2.24, 2.45) is 5.92 Å². The molecule has 5 nitrogen and oxygen atoms in total. The lowest BCUT2D eigenvalue weighted by Gasteiger charge is -2.10. The molecule has 0 radical (unpaired) electrons. The average Bonchev–Trinajstić information content (AvgIpc) is 2.85. The number of ether oxygens (including phenoxy) is 2. The van der Waals surface area contributed by atoms with Crippen LogP contribution in [-0.2, 0) is 14.3 Å². The number of carbonyl (C=O) groups excluding carboxylic acids is 1. The van der Waals surface area contributed by atoms with E-state index >= 15 is 0 Å². The SMILES string of the molecule is Nc1ccccc1NC(=O)COCC1CCOC1. The fraction of sp³-hybridized carbons (Fsp3) is 0.462. The van der Waals surface area contributed by atoms with Gasteiger partial charge in [-0.05, 0) is 18.6 Å². The smallest absolute Gasteiger partial charge is 0.250 e. The Labute approximate surface area is 106 Å². The van der Waals surface area contributed by atoms with E-state index in [1.165, 1.54) is 0 Å². The Morgan fingerprint density at radius 3 is 3.06 bits per heavy atom. The van der Waals surface area contributed by atoms with Crippen LogP contribution >= 0.6 is 0 Å². The largest absolute Gasteiger partial charge is 0.397 e. The second-order valence-corrected chi connectivity index (χ2v) is 4.38. The van der Waals surface area contributed by atoms with Gasteiger partial charge in [-0.3, -0.25) is 4.79 Å². The maximum absolute atomic E-state index is 11.6. The minimum absolute atomic E-state index is 0.0465. The van der Waals surface area contributed by atoms with E-state index in [0.29, 0.717) is 23.9 Å². The third-order valence-electron chi connectivity index (χ3n) is 2.85. The van der Waals surface area contributed by atoms with Crippen molar-refractivity contribution in [2.75, 3.05) is 37.5 Å². The van der Waals surface area contributed by atoms with Crippen LogP contribution < -0.4 is 11.1 Å². The maximum atomic E-state index is 11.6. The van der Waals surface area contributed by atoms with Gasteiger partial charge in [0.25, 0.3) is 0 Å². The molecule has 1 aliphatic heterocycles. The predicted molar refractivity (Wildman–Crippen MR) is 69.2 cm³/mol. The third-order valence-corrected chi connectivity index (χ3v) is 2.85. The van der Waals surface area contributed by atoms with E-state index in [0.717, 1.165) is 19.6 Å². The molecule has 0 saturated carbocycles. The van der Waals surface area contributed by atoms with Crippen molar-refractivity contribution in [3.8, 4) is 0 Å². The lowest BCUT2D eigenvalue weighted by molar-refractivity contribution is -0.121. The number of amides is 1. The van der Waals surface area contributed by atoms with Crippen molar-refractivity contribution < 1.29 is 14.3 Å². The zero-order valence-corrected chi connectivity index (χ0v) is 10.2. The van der Waals surface area contributed by atoms with Crippen LogP contribution in [0, 0.1) is 5.92 Å². The van der Waals surface area contributed by atoms with Gasteiger partial charge in [-0.15, -0.1) is 0 Å². The van der Waals surface area contributed by atoms with Gasteiger partial charge < -0.3 is 20.5 Å². The van der Waals surface area contributed by atoms with Gasteiger partial charge in [0.1, 0.15) is 6.61 Å². The van der Waals surface area contributed by atoms with Crippen LogP contribution in [0.25, 0.3) is 0 Å². The Kier molecular flexibility index (Phi) is 4.55. The first-order valence-electron chi connectivity index (χ1n) is 6.05. The zero-order chi connectivity index (χ0) is 12.8.